The molecular formula is C36H41F3N6O3. The minimum atomic E-state index is -4.53. The van der Waals surface area contributed by atoms with Crippen molar-refractivity contribution >= 4 is 23.7 Å². The number of aldehydes is 1. The second kappa shape index (κ2) is 13.3. The van der Waals surface area contributed by atoms with Gasteiger partial charge in [-0.1, -0.05) is 12.1 Å². The predicted molar refractivity (Wildman–Crippen MR) is 177 cm³/mol. The molecule has 9 nitrogen and oxygen atoms in total. The molecule has 3 aromatic rings. The first kappa shape index (κ1) is 33.6. The first-order chi connectivity index (χ1) is 23.1. The first-order valence-corrected chi connectivity index (χ1v) is 16.5. The lowest BCUT2D eigenvalue weighted by molar-refractivity contribution is -0.141. The topological polar surface area (TPSA) is 123 Å². The van der Waals surface area contributed by atoms with Crippen LogP contribution in [0.1, 0.15) is 78.2 Å². The van der Waals surface area contributed by atoms with E-state index in [1.807, 2.05) is 13.0 Å². The Morgan fingerprint density at radius 2 is 1.79 bits per heavy atom. The van der Waals surface area contributed by atoms with Gasteiger partial charge in [0.25, 0.3) is 5.91 Å². The highest BCUT2D eigenvalue weighted by atomic mass is 19.4. The van der Waals surface area contributed by atoms with Crippen molar-refractivity contribution in [2.45, 2.75) is 75.9 Å². The number of nitrogens with zero attached hydrogens (tertiary/aromatic N) is 4. The Balaban J connectivity index is 0.00000197. The average molecular weight is 663 g/mol. The third-order valence-corrected chi connectivity index (χ3v) is 9.65. The Labute approximate surface area is 278 Å². The van der Waals surface area contributed by atoms with Crippen LogP contribution in [0.4, 0.5) is 18.9 Å². The molecule has 4 aliphatic rings. The number of aromatic nitrogens is 2. The molecule has 254 valence electrons. The summed E-state index contributed by atoms with van der Waals surface area (Å²) in [5, 5.41) is 2.90. The number of hydrogen-bond acceptors (Lipinski definition) is 8. The summed E-state index contributed by atoms with van der Waals surface area (Å²) < 4.78 is 45.9. The van der Waals surface area contributed by atoms with E-state index in [4.69, 9.17) is 9.73 Å². The van der Waals surface area contributed by atoms with Gasteiger partial charge in [0.15, 0.2) is 0 Å². The number of rotatable bonds is 9. The number of methoxy groups -OCH3 is 1. The maximum Gasteiger partial charge on any atom is 0.433 e. The zero-order chi connectivity index (χ0) is 34.2. The minimum absolute atomic E-state index is 0.0499. The number of anilines is 1. The SMILES string of the molecule is CN.COc1nc(CC=O)cc(C)c1-c1ccc(CC2CC2)c(N2CCC3(CC2)N=C(c2ccc(C(F)(F)F)nc2C2CC2)NC3=O)c1. The van der Waals surface area contributed by atoms with Gasteiger partial charge in [0.2, 0.25) is 5.88 Å². The third-order valence-electron chi connectivity index (χ3n) is 9.65. The summed E-state index contributed by atoms with van der Waals surface area (Å²) in [6, 6.07) is 10.8. The number of halogens is 3. The lowest BCUT2D eigenvalue weighted by atomic mass is 9.87. The fraction of sp³-hybridized carbons (Fsp3) is 0.472. The Bertz CT molecular complexity index is 1740. The van der Waals surface area contributed by atoms with Crippen LogP contribution in [-0.4, -0.2) is 60.8 Å². The van der Waals surface area contributed by atoms with Crippen molar-refractivity contribution < 1.29 is 27.5 Å². The van der Waals surface area contributed by atoms with Gasteiger partial charge >= 0.3 is 6.18 Å². The van der Waals surface area contributed by atoms with Crippen molar-refractivity contribution in [3.05, 3.63) is 70.2 Å². The number of carbonyl (C=O) groups excluding carboxylic acids is 2. The Morgan fingerprint density at radius 1 is 1.06 bits per heavy atom. The van der Waals surface area contributed by atoms with Gasteiger partial charge < -0.3 is 25.5 Å². The van der Waals surface area contributed by atoms with Gasteiger partial charge in [-0.2, -0.15) is 13.2 Å². The Hall–Kier alpha value is -4.32. The number of nitrogens with two attached hydrogens (primary N) is 1. The summed E-state index contributed by atoms with van der Waals surface area (Å²) in [6.45, 7) is 3.18. The summed E-state index contributed by atoms with van der Waals surface area (Å²) in [4.78, 5) is 40.3. The van der Waals surface area contributed by atoms with Crippen LogP contribution in [0.2, 0.25) is 0 Å². The van der Waals surface area contributed by atoms with E-state index in [1.165, 1.54) is 31.5 Å². The molecule has 2 aliphatic carbocycles. The van der Waals surface area contributed by atoms with Gasteiger partial charge in [0.05, 0.1) is 18.5 Å². The summed E-state index contributed by atoms with van der Waals surface area (Å²) in [5.74, 6) is 1.21. The lowest BCUT2D eigenvalue weighted by Crippen LogP contribution is -2.49. The highest BCUT2D eigenvalue weighted by molar-refractivity contribution is 6.16. The van der Waals surface area contributed by atoms with Crippen LogP contribution in [0.25, 0.3) is 11.1 Å². The van der Waals surface area contributed by atoms with Gasteiger partial charge in [-0.15, -0.1) is 0 Å². The van der Waals surface area contributed by atoms with Crippen molar-refractivity contribution in [2.75, 3.05) is 32.1 Å². The number of piperidine rings is 1. The molecule has 12 heteroatoms. The van der Waals surface area contributed by atoms with E-state index in [0.29, 0.717) is 60.5 Å². The highest BCUT2D eigenvalue weighted by Gasteiger charge is 2.47. The van der Waals surface area contributed by atoms with Crippen LogP contribution in [0.3, 0.4) is 0 Å². The number of aliphatic imine (C=N–C) groups is 1. The van der Waals surface area contributed by atoms with E-state index in [1.54, 1.807) is 7.11 Å². The standard InChI is InChI=1S/C35H36F3N5O3.CH5N/c1-20-17-25(11-16-44)39-32(46-2)29(20)24-8-7-23(18-21-3-4-21)27(19-24)43-14-12-34(13-15-43)33(45)41-31(42-34)26-9-10-28(35(36,37)38)40-30(26)22-5-6-22;1-2/h7-10,16-17,19,21-22H,3-6,11-15,18H2,1-2H3,(H,41,42,45);2H2,1H3. The number of alkyl halides is 3. The largest absolute Gasteiger partial charge is 0.481 e. The van der Waals surface area contributed by atoms with E-state index in [-0.39, 0.29) is 18.2 Å². The second-order valence-corrected chi connectivity index (χ2v) is 13.0. The van der Waals surface area contributed by atoms with Crippen molar-refractivity contribution in [3.8, 4) is 17.0 Å². The second-order valence-electron chi connectivity index (χ2n) is 13.0. The molecule has 4 heterocycles. The van der Waals surface area contributed by atoms with Crippen molar-refractivity contribution in [3.63, 3.8) is 0 Å². The van der Waals surface area contributed by atoms with E-state index < -0.39 is 17.4 Å². The zero-order valence-electron chi connectivity index (χ0n) is 27.5. The maximum absolute atomic E-state index is 13.5. The van der Waals surface area contributed by atoms with Crippen LogP contribution >= 0.6 is 0 Å². The molecule has 1 aromatic carbocycles. The van der Waals surface area contributed by atoms with Crippen molar-refractivity contribution in [1.82, 2.24) is 15.3 Å². The number of hydrogen-bond donors (Lipinski definition) is 2. The average Bonchev–Trinajstić information content (AvgIpc) is 4.02. The van der Waals surface area contributed by atoms with Crippen LogP contribution in [0.15, 0.2) is 41.4 Å². The smallest absolute Gasteiger partial charge is 0.433 e. The molecule has 3 fully saturated rings. The summed E-state index contributed by atoms with van der Waals surface area (Å²) in [7, 11) is 3.08. The number of amides is 1. The Morgan fingerprint density at radius 3 is 2.42 bits per heavy atom. The van der Waals surface area contributed by atoms with E-state index in [9.17, 15) is 22.8 Å². The van der Waals surface area contributed by atoms with Crippen molar-refractivity contribution in [1.29, 1.82) is 0 Å². The number of aryl methyl sites for hydroxylation is 1. The van der Waals surface area contributed by atoms with Crippen molar-refractivity contribution in [2.24, 2.45) is 16.6 Å². The molecular weight excluding hydrogens is 621 g/mol. The van der Waals surface area contributed by atoms with Crippen LogP contribution in [0.5, 0.6) is 5.88 Å². The zero-order valence-corrected chi connectivity index (χ0v) is 27.5. The molecule has 2 saturated carbocycles. The number of pyridine rings is 2. The van der Waals surface area contributed by atoms with Gasteiger partial charge in [0.1, 0.15) is 23.4 Å². The van der Waals surface area contributed by atoms with Crippen LogP contribution in [-0.2, 0) is 28.6 Å². The normalized spacial score (nSPS) is 18.6. The van der Waals surface area contributed by atoms with E-state index in [2.05, 4.69) is 44.1 Å². The fourth-order valence-electron chi connectivity index (χ4n) is 6.82. The number of ether oxygens (including phenoxy) is 1. The lowest BCUT2D eigenvalue weighted by Gasteiger charge is -2.38. The molecule has 0 unspecified atom stereocenters. The monoisotopic (exact) mass is 662 g/mol. The van der Waals surface area contributed by atoms with Gasteiger partial charge in [-0.05, 0) is 106 Å². The molecule has 7 rings (SSSR count). The molecule has 48 heavy (non-hydrogen) atoms. The van der Waals surface area contributed by atoms with Gasteiger partial charge in [-0.25, -0.2) is 9.97 Å². The van der Waals surface area contributed by atoms with E-state index >= 15 is 0 Å². The molecule has 1 amide bonds. The summed E-state index contributed by atoms with van der Waals surface area (Å²) in [6.07, 6.45) is 2.44. The number of nitrogens with one attached hydrogen (secondary N) is 1. The summed E-state index contributed by atoms with van der Waals surface area (Å²) in [5.41, 5.74) is 9.31. The summed E-state index contributed by atoms with van der Waals surface area (Å²) >= 11 is 0. The molecule has 2 aromatic heterocycles. The highest BCUT2D eigenvalue weighted by Crippen LogP contribution is 2.44. The molecule has 1 spiro atoms. The Kier molecular flexibility index (Phi) is 9.30. The van der Waals surface area contributed by atoms with Crippen LogP contribution in [0, 0.1) is 12.8 Å². The quantitative estimate of drug-likeness (QED) is 0.289. The number of amidine groups is 1. The fourth-order valence-corrected chi connectivity index (χ4v) is 6.82. The predicted octanol–water partition coefficient (Wildman–Crippen LogP) is 5.54. The minimum Gasteiger partial charge on any atom is -0.481 e. The van der Waals surface area contributed by atoms with Crippen LogP contribution < -0.4 is 20.7 Å². The molecule has 0 atom stereocenters. The number of benzene rings is 1. The van der Waals surface area contributed by atoms with Gasteiger partial charge in [0, 0.05) is 42.2 Å². The number of carbonyl (C=O) groups is 2. The molecule has 2 aliphatic heterocycles. The third kappa shape index (κ3) is 6.67. The first-order valence-electron chi connectivity index (χ1n) is 16.5. The molecule has 3 N–H and O–H groups in total. The molecule has 0 bridgehead atoms. The molecule has 1 saturated heterocycles. The van der Waals surface area contributed by atoms with E-state index in [0.717, 1.165) is 54.0 Å². The maximum atomic E-state index is 13.5. The molecule has 0 radical (unpaired) electrons. The van der Waals surface area contributed by atoms with Gasteiger partial charge in [-0.3, -0.25) is 9.79 Å².